The Morgan fingerprint density at radius 3 is 3.24 bits per heavy atom. The van der Waals surface area contributed by atoms with E-state index in [4.69, 9.17) is 4.98 Å². The fourth-order valence-corrected chi connectivity index (χ4v) is 2.62. The number of hydrogen-bond donors (Lipinski definition) is 1. The molecule has 3 rings (SSSR count). The smallest absolute Gasteiger partial charge is 0.109 e. The topological polar surface area (TPSA) is 42.7 Å². The summed E-state index contributed by atoms with van der Waals surface area (Å²) in [6.45, 7) is 2.30. The molecule has 0 aromatic carbocycles. The molecule has 1 N–H and O–H groups in total. The van der Waals surface area contributed by atoms with E-state index >= 15 is 0 Å². The molecule has 0 radical (unpaired) electrons. The summed E-state index contributed by atoms with van der Waals surface area (Å²) in [6, 6.07) is 1.98. The van der Waals surface area contributed by atoms with Crippen LogP contribution >= 0.6 is 0 Å². The number of piperidine rings is 1. The minimum Gasteiger partial charge on any atom is -0.330 e. The van der Waals surface area contributed by atoms with Crippen molar-refractivity contribution in [3.8, 4) is 0 Å². The summed E-state index contributed by atoms with van der Waals surface area (Å²) in [5, 5.41) is 3.46. The van der Waals surface area contributed by atoms with Crippen LogP contribution in [0.25, 0.3) is 11.0 Å². The lowest BCUT2D eigenvalue weighted by atomic mass is 9.96. The lowest BCUT2D eigenvalue weighted by Crippen LogP contribution is -2.31. The summed E-state index contributed by atoms with van der Waals surface area (Å²) in [7, 11) is 2.09. The molecule has 4 heteroatoms. The molecular formula is C13H18N4. The zero-order chi connectivity index (χ0) is 11.7. The number of aryl methyl sites for hydroxylation is 1. The van der Waals surface area contributed by atoms with E-state index in [1.807, 2.05) is 12.3 Å². The number of rotatable bonds is 2. The molecule has 1 aliphatic heterocycles. The van der Waals surface area contributed by atoms with Gasteiger partial charge in [0.05, 0.1) is 17.2 Å². The van der Waals surface area contributed by atoms with E-state index in [9.17, 15) is 0 Å². The molecule has 0 aliphatic carbocycles. The summed E-state index contributed by atoms with van der Waals surface area (Å²) in [5.74, 6) is 1.91. The van der Waals surface area contributed by atoms with Gasteiger partial charge in [-0.1, -0.05) is 0 Å². The Balaban J connectivity index is 1.87. The Morgan fingerprint density at radius 2 is 2.47 bits per heavy atom. The molecule has 1 saturated heterocycles. The van der Waals surface area contributed by atoms with Gasteiger partial charge in [0.25, 0.3) is 0 Å². The van der Waals surface area contributed by atoms with Crippen LogP contribution < -0.4 is 5.32 Å². The Hall–Kier alpha value is -1.42. The van der Waals surface area contributed by atoms with Gasteiger partial charge in [-0.25, -0.2) is 4.98 Å². The maximum atomic E-state index is 4.70. The maximum absolute atomic E-state index is 4.70. The van der Waals surface area contributed by atoms with Gasteiger partial charge in [0.2, 0.25) is 0 Å². The Bertz CT molecular complexity index is 511. The van der Waals surface area contributed by atoms with Crippen LogP contribution in [0.1, 0.15) is 18.7 Å². The van der Waals surface area contributed by atoms with E-state index in [1.165, 1.54) is 25.2 Å². The molecule has 4 nitrogen and oxygen atoms in total. The van der Waals surface area contributed by atoms with Crippen molar-refractivity contribution in [2.75, 3.05) is 13.1 Å². The van der Waals surface area contributed by atoms with Crippen molar-refractivity contribution < 1.29 is 0 Å². The van der Waals surface area contributed by atoms with Crippen LogP contribution in [0.5, 0.6) is 0 Å². The Labute approximate surface area is 101 Å². The first-order chi connectivity index (χ1) is 8.34. The molecule has 0 saturated carbocycles. The summed E-state index contributed by atoms with van der Waals surface area (Å²) >= 11 is 0. The van der Waals surface area contributed by atoms with Crippen LogP contribution in [0.15, 0.2) is 18.5 Å². The normalized spacial score (nSPS) is 20.9. The van der Waals surface area contributed by atoms with Crippen LogP contribution in [0.3, 0.4) is 0 Å². The average Bonchev–Trinajstić information content (AvgIpc) is 2.68. The van der Waals surface area contributed by atoms with Crippen LogP contribution in [0.2, 0.25) is 0 Å². The van der Waals surface area contributed by atoms with Gasteiger partial charge in [-0.2, -0.15) is 0 Å². The first-order valence-electron chi connectivity index (χ1n) is 6.30. The molecule has 1 fully saturated rings. The van der Waals surface area contributed by atoms with Crippen molar-refractivity contribution >= 4 is 11.0 Å². The minimum atomic E-state index is 0.729. The fraction of sp³-hybridized carbons (Fsp3) is 0.538. The predicted octanol–water partition coefficient (Wildman–Crippen LogP) is 1.51. The second-order valence-electron chi connectivity index (χ2n) is 4.87. The van der Waals surface area contributed by atoms with E-state index in [0.717, 1.165) is 29.9 Å². The number of nitrogens with one attached hydrogen (secondary N) is 1. The highest BCUT2D eigenvalue weighted by Crippen LogP contribution is 2.19. The van der Waals surface area contributed by atoms with Crippen molar-refractivity contribution in [1.82, 2.24) is 19.9 Å². The van der Waals surface area contributed by atoms with Crippen molar-refractivity contribution in [2.45, 2.75) is 19.3 Å². The number of fused-ring (bicyclic) bond motifs is 1. The number of nitrogens with zero attached hydrogens (tertiary/aromatic N) is 3. The zero-order valence-corrected chi connectivity index (χ0v) is 10.2. The third kappa shape index (κ3) is 2.05. The fourth-order valence-electron chi connectivity index (χ4n) is 2.62. The van der Waals surface area contributed by atoms with Gasteiger partial charge in [-0.15, -0.1) is 0 Å². The van der Waals surface area contributed by atoms with Gasteiger partial charge in [0.15, 0.2) is 0 Å². The Morgan fingerprint density at radius 1 is 1.53 bits per heavy atom. The zero-order valence-electron chi connectivity index (χ0n) is 10.2. The van der Waals surface area contributed by atoms with Gasteiger partial charge >= 0.3 is 0 Å². The van der Waals surface area contributed by atoms with Gasteiger partial charge < -0.3 is 9.88 Å². The van der Waals surface area contributed by atoms with E-state index in [-0.39, 0.29) is 0 Å². The van der Waals surface area contributed by atoms with Gasteiger partial charge in [-0.3, -0.25) is 4.98 Å². The van der Waals surface area contributed by atoms with Crippen molar-refractivity contribution in [3.05, 3.63) is 24.3 Å². The molecule has 1 atom stereocenters. The second-order valence-corrected chi connectivity index (χ2v) is 4.87. The molecule has 1 unspecified atom stereocenters. The molecule has 2 aromatic heterocycles. The monoisotopic (exact) mass is 230 g/mol. The van der Waals surface area contributed by atoms with Crippen LogP contribution in [0, 0.1) is 5.92 Å². The molecule has 1 aliphatic rings. The highest BCUT2D eigenvalue weighted by atomic mass is 15.1. The first kappa shape index (κ1) is 10.7. The number of imidazole rings is 1. The Kier molecular flexibility index (Phi) is 2.81. The number of aromatic nitrogens is 3. The maximum Gasteiger partial charge on any atom is 0.109 e. The highest BCUT2D eigenvalue weighted by Gasteiger charge is 2.17. The van der Waals surface area contributed by atoms with Crippen molar-refractivity contribution in [3.63, 3.8) is 0 Å². The summed E-state index contributed by atoms with van der Waals surface area (Å²) in [5.41, 5.74) is 2.19. The molecule has 2 aromatic rings. The lowest BCUT2D eigenvalue weighted by molar-refractivity contribution is 0.368. The van der Waals surface area contributed by atoms with Crippen LogP contribution in [0.4, 0.5) is 0 Å². The molecular weight excluding hydrogens is 212 g/mol. The van der Waals surface area contributed by atoms with E-state index in [0.29, 0.717) is 0 Å². The molecule has 0 amide bonds. The lowest BCUT2D eigenvalue weighted by Gasteiger charge is -2.22. The van der Waals surface area contributed by atoms with E-state index < -0.39 is 0 Å². The second kappa shape index (κ2) is 4.45. The standard InChI is InChI=1S/C13H18N4/c1-17-12-9-15-6-4-11(12)16-13(17)7-10-3-2-5-14-8-10/h4,6,9-10,14H,2-3,5,7-8H2,1H3. The van der Waals surface area contributed by atoms with E-state index in [2.05, 4.69) is 21.9 Å². The predicted molar refractivity (Wildman–Crippen MR) is 67.8 cm³/mol. The minimum absolute atomic E-state index is 0.729. The largest absolute Gasteiger partial charge is 0.330 e. The average molecular weight is 230 g/mol. The molecule has 0 spiro atoms. The SMILES string of the molecule is Cn1c(CC2CCCNC2)nc2ccncc21. The van der Waals surface area contributed by atoms with Gasteiger partial charge in [-0.05, 0) is 37.9 Å². The number of pyridine rings is 1. The third-order valence-corrected chi connectivity index (χ3v) is 3.65. The number of hydrogen-bond acceptors (Lipinski definition) is 3. The van der Waals surface area contributed by atoms with Crippen LogP contribution in [-0.2, 0) is 13.5 Å². The van der Waals surface area contributed by atoms with E-state index in [1.54, 1.807) is 6.20 Å². The first-order valence-corrected chi connectivity index (χ1v) is 6.30. The molecule has 0 bridgehead atoms. The van der Waals surface area contributed by atoms with Crippen molar-refractivity contribution in [1.29, 1.82) is 0 Å². The van der Waals surface area contributed by atoms with Gasteiger partial charge in [0.1, 0.15) is 5.82 Å². The third-order valence-electron chi connectivity index (χ3n) is 3.65. The molecule has 17 heavy (non-hydrogen) atoms. The molecule has 90 valence electrons. The van der Waals surface area contributed by atoms with Crippen molar-refractivity contribution in [2.24, 2.45) is 13.0 Å². The highest BCUT2D eigenvalue weighted by molar-refractivity contribution is 5.74. The van der Waals surface area contributed by atoms with Gasteiger partial charge in [0, 0.05) is 19.7 Å². The molecule has 3 heterocycles. The summed E-state index contributed by atoms with van der Waals surface area (Å²) in [6.07, 6.45) is 7.37. The summed E-state index contributed by atoms with van der Waals surface area (Å²) in [4.78, 5) is 8.86. The summed E-state index contributed by atoms with van der Waals surface area (Å²) < 4.78 is 2.18. The van der Waals surface area contributed by atoms with Crippen LogP contribution in [-0.4, -0.2) is 27.6 Å². The quantitative estimate of drug-likeness (QED) is 0.850.